The molecule has 0 spiro atoms. The summed E-state index contributed by atoms with van der Waals surface area (Å²) in [6.07, 6.45) is -0.977. The molecule has 0 aliphatic carbocycles. The second-order valence-electron chi connectivity index (χ2n) is 7.46. The van der Waals surface area contributed by atoms with E-state index in [4.69, 9.17) is 0 Å². The molecule has 1 N–H and O–H groups in total. The third kappa shape index (κ3) is 4.41. The van der Waals surface area contributed by atoms with Crippen LogP contribution >= 0.6 is 0 Å². The Kier molecular flexibility index (Phi) is 6.06. The number of nitrogens with one attached hydrogen (secondary N) is 1. The molecule has 0 saturated carbocycles. The SMILES string of the molecule is CCCc1nc(CCC)n(Cc2ccc(-n3c(-c4nnn[nH]4)ccc3C(F)(F)F)cc2)n1. The highest BCUT2D eigenvalue weighted by Crippen LogP contribution is 2.35. The van der Waals surface area contributed by atoms with E-state index in [2.05, 4.69) is 44.6 Å². The van der Waals surface area contributed by atoms with Crippen molar-refractivity contribution in [2.24, 2.45) is 0 Å². The zero-order chi connectivity index (χ0) is 22.7. The fourth-order valence-corrected chi connectivity index (χ4v) is 3.60. The maximum absolute atomic E-state index is 13.6. The minimum absolute atomic E-state index is 0.153. The molecule has 0 aliphatic rings. The Bertz CT molecular complexity index is 1160. The molecule has 0 amide bonds. The zero-order valence-corrected chi connectivity index (χ0v) is 17.8. The van der Waals surface area contributed by atoms with Gasteiger partial charge in [0.05, 0.1) is 12.2 Å². The summed E-state index contributed by atoms with van der Waals surface area (Å²) in [5, 5.41) is 17.8. The molecule has 0 bridgehead atoms. The number of hydrogen-bond donors (Lipinski definition) is 1. The lowest BCUT2D eigenvalue weighted by Crippen LogP contribution is -2.13. The minimum Gasteiger partial charge on any atom is -0.302 e. The number of nitrogens with zero attached hydrogens (tertiary/aromatic N) is 7. The molecule has 0 saturated heterocycles. The first-order chi connectivity index (χ1) is 15.4. The van der Waals surface area contributed by atoms with Crippen LogP contribution in [0.3, 0.4) is 0 Å². The second kappa shape index (κ2) is 8.93. The number of rotatable bonds is 8. The lowest BCUT2D eigenvalue weighted by atomic mass is 10.2. The molecule has 3 aromatic heterocycles. The molecule has 1 aromatic carbocycles. The first kappa shape index (κ1) is 21.7. The van der Waals surface area contributed by atoms with Gasteiger partial charge in [-0.2, -0.15) is 18.3 Å². The Morgan fingerprint density at radius 2 is 1.72 bits per heavy atom. The highest BCUT2D eigenvalue weighted by molar-refractivity contribution is 5.57. The molecule has 168 valence electrons. The van der Waals surface area contributed by atoms with Crippen molar-refractivity contribution in [3.05, 3.63) is 59.3 Å². The van der Waals surface area contributed by atoms with Gasteiger partial charge in [-0.1, -0.05) is 26.0 Å². The molecule has 4 rings (SSSR count). The molecule has 0 unspecified atom stereocenters. The fourth-order valence-electron chi connectivity index (χ4n) is 3.60. The van der Waals surface area contributed by atoms with Crippen molar-refractivity contribution in [1.29, 1.82) is 0 Å². The number of aromatic nitrogens is 8. The van der Waals surface area contributed by atoms with E-state index in [0.717, 1.165) is 53.5 Å². The third-order valence-electron chi connectivity index (χ3n) is 5.03. The first-order valence-corrected chi connectivity index (χ1v) is 10.5. The Morgan fingerprint density at radius 3 is 2.34 bits per heavy atom. The number of H-pyrrole nitrogens is 1. The van der Waals surface area contributed by atoms with Crippen LogP contribution in [0.2, 0.25) is 0 Å². The first-order valence-electron chi connectivity index (χ1n) is 10.5. The zero-order valence-electron chi connectivity index (χ0n) is 17.8. The van der Waals surface area contributed by atoms with E-state index in [9.17, 15) is 13.2 Å². The van der Waals surface area contributed by atoms with Crippen molar-refractivity contribution in [3.8, 4) is 17.2 Å². The van der Waals surface area contributed by atoms with Gasteiger partial charge in [0, 0.05) is 18.5 Å². The van der Waals surface area contributed by atoms with E-state index in [-0.39, 0.29) is 11.5 Å². The lowest BCUT2D eigenvalue weighted by molar-refractivity contribution is -0.142. The predicted octanol–water partition coefficient (Wildman–Crippen LogP) is 4.22. The van der Waals surface area contributed by atoms with Gasteiger partial charge in [-0.05, 0) is 53.1 Å². The number of tetrazole rings is 1. The van der Waals surface area contributed by atoms with E-state index >= 15 is 0 Å². The van der Waals surface area contributed by atoms with Crippen LogP contribution in [0.15, 0.2) is 36.4 Å². The number of aryl methyl sites for hydroxylation is 2. The van der Waals surface area contributed by atoms with Crippen molar-refractivity contribution >= 4 is 0 Å². The van der Waals surface area contributed by atoms with Crippen molar-refractivity contribution in [1.82, 2.24) is 40.0 Å². The smallest absolute Gasteiger partial charge is 0.302 e. The van der Waals surface area contributed by atoms with Crippen LogP contribution < -0.4 is 0 Å². The topological polar surface area (TPSA) is 90.1 Å². The lowest BCUT2D eigenvalue weighted by Gasteiger charge is -2.15. The third-order valence-corrected chi connectivity index (χ3v) is 5.03. The highest BCUT2D eigenvalue weighted by atomic mass is 19.4. The van der Waals surface area contributed by atoms with E-state index in [0.29, 0.717) is 12.2 Å². The molecule has 32 heavy (non-hydrogen) atoms. The molecule has 0 radical (unpaired) electrons. The monoisotopic (exact) mass is 444 g/mol. The van der Waals surface area contributed by atoms with Gasteiger partial charge in [0.25, 0.3) is 0 Å². The maximum atomic E-state index is 13.6. The highest BCUT2D eigenvalue weighted by Gasteiger charge is 2.36. The van der Waals surface area contributed by atoms with E-state index in [1.807, 2.05) is 4.68 Å². The standard InChI is InChI=1S/C21H23F3N8/c1-3-5-18-25-19(6-4-2)31(28-18)13-14-7-9-15(10-8-14)32-16(20-26-29-30-27-20)11-12-17(32)21(22,23)24/h7-12H,3-6,13H2,1-2H3,(H,26,27,29,30). The number of halogens is 3. The van der Waals surface area contributed by atoms with Crippen molar-refractivity contribution < 1.29 is 13.2 Å². The van der Waals surface area contributed by atoms with Crippen LogP contribution in [0, 0.1) is 0 Å². The minimum atomic E-state index is -4.53. The summed E-state index contributed by atoms with van der Waals surface area (Å²) in [5.74, 6) is 1.89. The number of alkyl halides is 3. The Hall–Kier alpha value is -3.50. The predicted molar refractivity (Wildman–Crippen MR) is 111 cm³/mol. The summed E-state index contributed by atoms with van der Waals surface area (Å²) in [5.41, 5.74) is 0.697. The molecule has 0 atom stereocenters. The van der Waals surface area contributed by atoms with Gasteiger partial charge in [0.2, 0.25) is 0 Å². The summed E-state index contributed by atoms with van der Waals surface area (Å²) in [4.78, 5) is 4.62. The van der Waals surface area contributed by atoms with Crippen molar-refractivity contribution in [2.75, 3.05) is 0 Å². The molecular weight excluding hydrogens is 421 g/mol. The summed E-state index contributed by atoms with van der Waals surface area (Å²) < 4.78 is 43.9. The van der Waals surface area contributed by atoms with Crippen LogP contribution in [0.25, 0.3) is 17.2 Å². The number of hydrogen-bond acceptors (Lipinski definition) is 5. The molecule has 8 nitrogen and oxygen atoms in total. The number of aromatic amines is 1. The maximum Gasteiger partial charge on any atom is 0.431 e. The van der Waals surface area contributed by atoms with Crippen LogP contribution in [0.5, 0.6) is 0 Å². The van der Waals surface area contributed by atoms with Gasteiger partial charge >= 0.3 is 6.18 Å². The largest absolute Gasteiger partial charge is 0.431 e. The van der Waals surface area contributed by atoms with Gasteiger partial charge < -0.3 is 4.57 Å². The van der Waals surface area contributed by atoms with Gasteiger partial charge in [0.15, 0.2) is 11.6 Å². The van der Waals surface area contributed by atoms with Crippen LogP contribution in [-0.2, 0) is 25.6 Å². The Balaban J connectivity index is 1.66. The Morgan fingerprint density at radius 1 is 0.969 bits per heavy atom. The summed E-state index contributed by atoms with van der Waals surface area (Å²) in [7, 11) is 0. The van der Waals surface area contributed by atoms with Gasteiger partial charge in [-0.15, -0.1) is 5.10 Å². The number of benzene rings is 1. The molecule has 0 fully saturated rings. The average Bonchev–Trinajstić information content (AvgIpc) is 3.48. The van der Waals surface area contributed by atoms with Crippen molar-refractivity contribution in [2.45, 2.75) is 52.3 Å². The fraction of sp³-hybridized carbons (Fsp3) is 0.381. The molecule has 11 heteroatoms. The molecule has 4 aromatic rings. The Labute approximate surface area is 182 Å². The van der Waals surface area contributed by atoms with Crippen molar-refractivity contribution in [3.63, 3.8) is 0 Å². The molecular formula is C21H23F3N8. The summed E-state index contributed by atoms with van der Waals surface area (Å²) >= 11 is 0. The van der Waals surface area contributed by atoms with Crippen LogP contribution in [-0.4, -0.2) is 40.0 Å². The van der Waals surface area contributed by atoms with Crippen LogP contribution in [0.1, 0.15) is 49.6 Å². The summed E-state index contributed by atoms with van der Waals surface area (Å²) in [6, 6.07) is 9.28. The quantitative estimate of drug-likeness (QED) is 0.439. The van der Waals surface area contributed by atoms with Gasteiger partial charge in [-0.3, -0.25) is 0 Å². The summed E-state index contributed by atoms with van der Waals surface area (Å²) in [6.45, 7) is 4.67. The van der Waals surface area contributed by atoms with E-state index < -0.39 is 11.9 Å². The molecule has 3 heterocycles. The van der Waals surface area contributed by atoms with Crippen LogP contribution in [0.4, 0.5) is 13.2 Å². The van der Waals surface area contributed by atoms with Gasteiger partial charge in [-0.25, -0.2) is 14.8 Å². The second-order valence-corrected chi connectivity index (χ2v) is 7.46. The average molecular weight is 444 g/mol. The van der Waals surface area contributed by atoms with Gasteiger partial charge in [0.1, 0.15) is 11.5 Å². The van der Waals surface area contributed by atoms with E-state index in [1.165, 1.54) is 6.07 Å². The normalized spacial score (nSPS) is 11.9. The molecule has 0 aliphatic heterocycles. The van der Waals surface area contributed by atoms with E-state index in [1.54, 1.807) is 24.3 Å².